The van der Waals surface area contributed by atoms with Crippen molar-refractivity contribution >= 4 is 47.6 Å². The van der Waals surface area contributed by atoms with Gasteiger partial charge in [0.05, 0.1) is 6.04 Å². The Morgan fingerprint density at radius 3 is 2.64 bits per heavy atom. The molecule has 0 aromatic carbocycles. The van der Waals surface area contributed by atoms with Gasteiger partial charge in [-0.2, -0.15) is 0 Å². The number of pyridine rings is 1. The predicted molar refractivity (Wildman–Crippen MR) is 110 cm³/mol. The molecular formula is C16H25ClIN5O2. The number of nitrogens with one attached hydrogen (secondary N) is 2. The van der Waals surface area contributed by atoms with Crippen molar-refractivity contribution in [3.05, 3.63) is 29.0 Å². The minimum Gasteiger partial charge on any atom is -0.444 e. The summed E-state index contributed by atoms with van der Waals surface area (Å²) in [6.45, 7) is 7.36. The molecule has 0 atom stereocenters. The third kappa shape index (κ3) is 7.23. The molecule has 2 heterocycles. The second-order valence-corrected chi connectivity index (χ2v) is 7.03. The van der Waals surface area contributed by atoms with E-state index in [9.17, 15) is 4.79 Å². The maximum absolute atomic E-state index is 11.9. The van der Waals surface area contributed by atoms with Crippen LogP contribution in [0, 0.1) is 0 Å². The van der Waals surface area contributed by atoms with E-state index >= 15 is 0 Å². The first kappa shape index (κ1) is 21.8. The van der Waals surface area contributed by atoms with Crippen LogP contribution < -0.4 is 10.6 Å². The van der Waals surface area contributed by atoms with Gasteiger partial charge in [-0.1, -0.05) is 17.7 Å². The summed E-state index contributed by atoms with van der Waals surface area (Å²) < 4.78 is 5.33. The Morgan fingerprint density at radius 1 is 1.44 bits per heavy atom. The quantitative estimate of drug-likeness (QED) is 0.300. The molecule has 7 nitrogen and oxygen atoms in total. The van der Waals surface area contributed by atoms with Gasteiger partial charge in [0, 0.05) is 32.9 Å². The highest BCUT2D eigenvalue weighted by Gasteiger charge is 2.34. The molecule has 9 heteroatoms. The van der Waals surface area contributed by atoms with Crippen molar-refractivity contribution in [2.24, 2.45) is 4.99 Å². The van der Waals surface area contributed by atoms with Gasteiger partial charge in [0.25, 0.3) is 0 Å². The van der Waals surface area contributed by atoms with E-state index in [1.165, 1.54) is 0 Å². The molecule has 25 heavy (non-hydrogen) atoms. The zero-order valence-corrected chi connectivity index (χ0v) is 18.0. The lowest BCUT2D eigenvalue weighted by molar-refractivity contribution is 0.00701. The second kappa shape index (κ2) is 9.42. The molecule has 140 valence electrons. The monoisotopic (exact) mass is 481 g/mol. The summed E-state index contributed by atoms with van der Waals surface area (Å²) in [5.41, 5.74) is 0.533. The molecule has 0 spiro atoms. The highest BCUT2D eigenvalue weighted by Crippen LogP contribution is 2.15. The third-order valence-electron chi connectivity index (χ3n) is 3.35. The number of carbonyl (C=O) groups excluding carboxylic acids is 1. The highest BCUT2D eigenvalue weighted by atomic mass is 127. The summed E-state index contributed by atoms with van der Waals surface area (Å²) in [4.78, 5) is 21.8. The van der Waals surface area contributed by atoms with E-state index in [4.69, 9.17) is 16.3 Å². The molecule has 0 unspecified atom stereocenters. The number of aromatic nitrogens is 1. The Labute approximate surface area is 170 Å². The zero-order valence-electron chi connectivity index (χ0n) is 14.9. The Morgan fingerprint density at radius 2 is 2.12 bits per heavy atom. The van der Waals surface area contributed by atoms with Crippen LogP contribution in [0.2, 0.25) is 5.15 Å². The standard InChI is InChI=1S/C16H24ClN5O2.HI/c1-16(2,3)24-15(23)22-9-12(10-22)21-14(18-4)20-8-11-5-6-13(17)19-7-11;/h5-7,12H,8-10H2,1-4H3,(H2,18,20,21);1H. The lowest BCUT2D eigenvalue weighted by Gasteiger charge is -2.40. The molecule has 1 fully saturated rings. The van der Waals surface area contributed by atoms with Crippen LogP contribution in [0.1, 0.15) is 26.3 Å². The van der Waals surface area contributed by atoms with Crippen molar-refractivity contribution in [2.75, 3.05) is 20.1 Å². The molecule has 0 bridgehead atoms. The van der Waals surface area contributed by atoms with Crippen molar-refractivity contribution in [2.45, 2.75) is 39.0 Å². The van der Waals surface area contributed by atoms with Crippen molar-refractivity contribution < 1.29 is 9.53 Å². The maximum atomic E-state index is 11.9. The topological polar surface area (TPSA) is 78.9 Å². The lowest BCUT2D eigenvalue weighted by atomic mass is 10.1. The number of aliphatic imine (C=N–C) groups is 1. The smallest absolute Gasteiger partial charge is 0.410 e. The second-order valence-electron chi connectivity index (χ2n) is 6.64. The molecule has 2 N–H and O–H groups in total. The van der Waals surface area contributed by atoms with Crippen molar-refractivity contribution in [3.63, 3.8) is 0 Å². The SMILES string of the molecule is CN=C(NCc1ccc(Cl)nc1)NC1CN(C(=O)OC(C)(C)C)C1.I. The van der Waals surface area contributed by atoms with Crippen molar-refractivity contribution in [1.82, 2.24) is 20.5 Å². The lowest BCUT2D eigenvalue weighted by Crippen LogP contribution is -2.63. The van der Waals surface area contributed by atoms with Crippen LogP contribution in [0.5, 0.6) is 0 Å². The van der Waals surface area contributed by atoms with E-state index in [1.54, 1.807) is 24.2 Å². The van der Waals surface area contributed by atoms with Crippen LogP contribution in [-0.2, 0) is 11.3 Å². The molecule has 0 radical (unpaired) electrons. The summed E-state index contributed by atoms with van der Waals surface area (Å²) in [6.07, 6.45) is 1.44. The van der Waals surface area contributed by atoms with Gasteiger partial charge in [0.15, 0.2) is 5.96 Å². The minimum absolute atomic E-state index is 0. The summed E-state index contributed by atoms with van der Waals surface area (Å²) in [5, 5.41) is 6.95. The fourth-order valence-corrected chi connectivity index (χ4v) is 2.24. The van der Waals surface area contributed by atoms with E-state index in [2.05, 4.69) is 20.6 Å². The van der Waals surface area contributed by atoms with Gasteiger partial charge in [-0.05, 0) is 32.4 Å². The molecule has 1 amide bonds. The first-order valence-electron chi connectivity index (χ1n) is 7.82. The van der Waals surface area contributed by atoms with Crippen LogP contribution in [0.4, 0.5) is 4.79 Å². The van der Waals surface area contributed by atoms with Gasteiger partial charge < -0.3 is 20.3 Å². The van der Waals surface area contributed by atoms with Gasteiger partial charge in [0.2, 0.25) is 0 Å². The number of nitrogens with zero attached hydrogens (tertiary/aromatic N) is 3. The average molecular weight is 482 g/mol. The number of amides is 1. The van der Waals surface area contributed by atoms with Crippen LogP contribution >= 0.6 is 35.6 Å². The van der Waals surface area contributed by atoms with Crippen LogP contribution in [-0.4, -0.2) is 53.7 Å². The normalized spacial score (nSPS) is 15.1. The largest absolute Gasteiger partial charge is 0.444 e. The molecule has 1 aromatic heterocycles. The summed E-state index contributed by atoms with van der Waals surface area (Å²) in [7, 11) is 1.71. The Hall–Kier alpha value is -1.29. The van der Waals surface area contributed by atoms with E-state index in [0.717, 1.165) is 5.56 Å². The number of hydrogen-bond acceptors (Lipinski definition) is 4. The van der Waals surface area contributed by atoms with Crippen molar-refractivity contribution in [1.29, 1.82) is 0 Å². The molecule has 1 saturated heterocycles. The Bertz CT molecular complexity index is 598. The molecule has 1 aliphatic rings. The molecule has 1 aromatic rings. The zero-order chi connectivity index (χ0) is 17.7. The minimum atomic E-state index is -0.472. The van der Waals surface area contributed by atoms with E-state index in [-0.39, 0.29) is 36.1 Å². The van der Waals surface area contributed by atoms with Gasteiger partial charge >= 0.3 is 6.09 Å². The van der Waals surface area contributed by atoms with Crippen molar-refractivity contribution in [3.8, 4) is 0 Å². The first-order valence-corrected chi connectivity index (χ1v) is 8.20. The summed E-state index contributed by atoms with van der Waals surface area (Å²) in [6, 6.07) is 3.81. The number of likely N-dealkylation sites (tertiary alicyclic amines) is 1. The van der Waals surface area contributed by atoms with Gasteiger partial charge in [-0.3, -0.25) is 4.99 Å². The molecule has 0 saturated carbocycles. The van der Waals surface area contributed by atoms with E-state index in [1.807, 2.05) is 26.8 Å². The van der Waals surface area contributed by atoms with Gasteiger partial charge in [0.1, 0.15) is 10.8 Å². The predicted octanol–water partition coefficient (Wildman–Crippen LogP) is 2.64. The number of rotatable bonds is 3. The number of guanidine groups is 1. The third-order valence-corrected chi connectivity index (χ3v) is 3.57. The number of ether oxygens (including phenoxy) is 1. The Kier molecular flexibility index (Phi) is 8.20. The Balaban J connectivity index is 0.00000312. The number of hydrogen-bond donors (Lipinski definition) is 2. The fraction of sp³-hybridized carbons (Fsp3) is 0.562. The average Bonchev–Trinajstić information content (AvgIpc) is 2.45. The maximum Gasteiger partial charge on any atom is 0.410 e. The first-order chi connectivity index (χ1) is 11.3. The molecule has 1 aliphatic heterocycles. The summed E-state index contributed by atoms with van der Waals surface area (Å²) >= 11 is 5.77. The van der Waals surface area contributed by atoms with Gasteiger partial charge in [-0.15, -0.1) is 24.0 Å². The number of halogens is 2. The van der Waals surface area contributed by atoms with Crippen LogP contribution in [0.3, 0.4) is 0 Å². The molecule has 2 rings (SSSR count). The number of carbonyl (C=O) groups is 1. The molecular weight excluding hydrogens is 457 g/mol. The van der Waals surface area contributed by atoms with E-state index in [0.29, 0.717) is 30.7 Å². The molecule has 0 aliphatic carbocycles. The van der Waals surface area contributed by atoms with Gasteiger partial charge in [-0.25, -0.2) is 9.78 Å². The fourth-order valence-electron chi connectivity index (χ4n) is 2.13. The highest BCUT2D eigenvalue weighted by molar-refractivity contribution is 14.0. The van der Waals surface area contributed by atoms with Crippen LogP contribution in [0.25, 0.3) is 0 Å². The van der Waals surface area contributed by atoms with Crippen LogP contribution in [0.15, 0.2) is 23.3 Å². The van der Waals surface area contributed by atoms with E-state index < -0.39 is 5.60 Å². The summed E-state index contributed by atoms with van der Waals surface area (Å²) in [5.74, 6) is 0.679.